The van der Waals surface area contributed by atoms with Gasteiger partial charge in [-0.05, 0) is 38.6 Å². The second-order valence-electron chi connectivity index (χ2n) is 6.58. The molecule has 2 rings (SSSR count). The lowest BCUT2D eigenvalue weighted by Crippen LogP contribution is -2.50. The minimum atomic E-state index is -0.962. The van der Waals surface area contributed by atoms with Crippen LogP contribution in [0.5, 0.6) is 0 Å². The minimum Gasteiger partial charge on any atom is -0.394 e. The predicted molar refractivity (Wildman–Crippen MR) is 86.9 cm³/mol. The monoisotopic (exact) mass is 344 g/mol. The number of rotatable bonds is 8. The summed E-state index contributed by atoms with van der Waals surface area (Å²) in [4.78, 5) is 22.8. The van der Waals surface area contributed by atoms with Crippen molar-refractivity contribution in [3.63, 3.8) is 0 Å². The van der Waals surface area contributed by atoms with Crippen LogP contribution in [0.25, 0.3) is 0 Å². The topological polar surface area (TPSA) is 149 Å². The van der Waals surface area contributed by atoms with Crippen molar-refractivity contribution in [3.8, 4) is 0 Å². The van der Waals surface area contributed by atoms with E-state index < -0.39 is 11.9 Å². The van der Waals surface area contributed by atoms with Crippen LogP contribution >= 0.6 is 0 Å². The molecule has 1 heterocycles. The number of aliphatic hydroxyl groups excluding tert-OH is 1. The molecular weight excluding hydrogens is 316 g/mol. The van der Waals surface area contributed by atoms with Gasteiger partial charge in [-0.3, -0.25) is 4.79 Å². The molecule has 6 N–H and O–H groups in total. The molecule has 6 unspecified atom stereocenters. The summed E-state index contributed by atoms with van der Waals surface area (Å²) in [5.74, 6) is -0.411. The Balaban J connectivity index is 1.83. The highest BCUT2D eigenvalue weighted by atomic mass is 16.7. The first kappa shape index (κ1) is 19.2. The molecule has 6 atom stereocenters. The van der Waals surface area contributed by atoms with E-state index in [1.54, 1.807) is 0 Å². The third-order valence-corrected chi connectivity index (χ3v) is 4.53. The third-order valence-electron chi connectivity index (χ3n) is 4.53. The van der Waals surface area contributed by atoms with E-state index in [1.165, 1.54) is 0 Å². The number of carbonyl (C=O) groups excluding carboxylic acids is 1. The number of hydrogen-bond donors (Lipinski definition) is 4. The van der Waals surface area contributed by atoms with Gasteiger partial charge in [0.25, 0.3) is 0 Å². The molecule has 0 radical (unpaired) electrons. The van der Waals surface area contributed by atoms with E-state index in [0.717, 1.165) is 12.8 Å². The number of aliphatic hydroxyl groups is 1. The summed E-state index contributed by atoms with van der Waals surface area (Å²) >= 11 is 0. The first-order valence-corrected chi connectivity index (χ1v) is 8.56. The van der Waals surface area contributed by atoms with Crippen LogP contribution in [0.2, 0.25) is 0 Å². The fraction of sp³-hybridized carbons (Fsp3) is 0.933. The summed E-state index contributed by atoms with van der Waals surface area (Å²) in [6.07, 6.45) is 3.03. The molecular formula is C15H28N4O5. The van der Waals surface area contributed by atoms with Gasteiger partial charge < -0.3 is 31.4 Å². The number of nitroso groups, excluding NO2 is 1. The van der Waals surface area contributed by atoms with Crippen LogP contribution in [0.4, 0.5) is 0 Å². The molecule has 2 fully saturated rings. The number of nitrogens with zero attached hydrogens (tertiary/aromatic N) is 1. The van der Waals surface area contributed by atoms with E-state index >= 15 is 0 Å². The standard InChI is InChI=1S/C15H28N4O5/c16-4-3-13(19-22)15(21)18-10-5-9(17)6-12(7-10)24-14-2-1-11(8-20)23-14/h9-14,20H,1-8,16-17H2,(H,18,21). The van der Waals surface area contributed by atoms with Gasteiger partial charge in [-0.2, -0.15) is 0 Å². The molecule has 1 saturated carbocycles. The van der Waals surface area contributed by atoms with Crippen molar-refractivity contribution in [1.82, 2.24) is 5.32 Å². The number of nitrogens with two attached hydrogens (primary N) is 2. The first-order chi connectivity index (χ1) is 11.5. The molecule has 1 aliphatic carbocycles. The van der Waals surface area contributed by atoms with Crippen LogP contribution in [0.15, 0.2) is 5.18 Å². The van der Waals surface area contributed by atoms with E-state index in [-0.39, 0.29) is 50.2 Å². The lowest BCUT2D eigenvalue weighted by molar-refractivity contribution is -0.175. The maximum Gasteiger partial charge on any atom is 0.248 e. The van der Waals surface area contributed by atoms with Crippen molar-refractivity contribution < 1.29 is 19.4 Å². The Morgan fingerprint density at radius 2 is 2.17 bits per heavy atom. The van der Waals surface area contributed by atoms with Crippen LogP contribution in [-0.2, 0) is 14.3 Å². The van der Waals surface area contributed by atoms with Crippen molar-refractivity contribution in [2.24, 2.45) is 16.6 Å². The number of carbonyl (C=O) groups is 1. The molecule has 0 aromatic carbocycles. The molecule has 1 saturated heterocycles. The number of hydrogen-bond acceptors (Lipinski definition) is 8. The number of amides is 1. The zero-order valence-electron chi connectivity index (χ0n) is 13.8. The highest BCUT2D eigenvalue weighted by molar-refractivity contribution is 5.82. The molecule has 138 valence electrons. The van der Waals surface area contributed by atoms with Gasteiger partial charge in [0.2, 0.25) is 5.91 Å². The Hall–Kier alpha value is -1.13. The van der Waals surface area contributed by atoms with E-state index in [0.29, 0.717) is 19.3 Å². The molecule has 9 nitrogen and oxygen atoms in total. The van der Waals surface area contributed by atoms with Gasteiger partial charge >= 0.3 is 0 Å². The van der Waals surface area contributed by atoms with E-state index in [2.05, 4.69) is 10.5 Å². The Labute approximate surface area is 141 Å². The van der Waals surface area contributed by atoms with Gasteiger partial charge in [0.1, 0.15) is 0 Å². The van der Waals surface area contributed by atoms with Crippen molar-refractivity contribution in [2.75, 3.05) is 13.2 Å². The van der Waals surface area contributed by atoms with Crippen LogP contribution < -0.4 is 16.8 Å². The molecule has 24 heavy (non-hydrogen) atoms. The summed E-state index contributed by atoms with van der Waals surface area (Å²) < 4.78 is 11.5. The molecule has 1 aliphatic heterocycles. The van der Waals surface area contributed by atoms with Crippen molar-refractivity contribution in [3.05, 3.63) is 4.91 Å². The molecule has 0 aromatic rings. The zero-order valence-corrected chi connectivity index (χ0v) is 13.8. The van der Waals surface area contributed by atoms with Crippen LogP contribution in [0, 0.1) is 4.91 Å². The maximum absolute atomic E-state index is 12.1. The summed E-state index contributed by atoms with van der Waals surface area (Å²) in [7, 11) is 0. The summed E-state index contributed by atoms with van der Waals surface area (Å²) in [5, 5.41) is 14.8. The Morgan fingerprint density at radius 1 is 1.38 bits per heavy atom. The predicted octanol–water partition coefficient (Wildman–Crippen LogP) is -0.651. The van der Waals surface area contributed by atoms with E-state index in [1.807, 2.05) is 0 Å². The Morgan fingerprint density at radius 3 is 2.79 bits per heavy atom. The van der Waals surface area contributed by atoms with Gasteiger partial charge in [0, 0.05) is 18.5 Å². The average Bonchev–Trinajstić information content (AvgIpc) is 2.99. The normalized spacial score (nSPS) is 34.7. The quantitative estimate of drug-likeness (QED) is 0.427. The van der Waals surface area contributed by atoms with Gasteiger partial charge in [-0.1, -0.05) is 5.18 Å². The van der Waals surface area contributed by atoms with Crippen LogP contribution in [0.3, 0.4) is 0 Å². The maximum atomic E-state index is 12.1. The summed E-state index contributed by atoms with van der Waals surface area (Å²) in [6, 6.07) is -1.22. The molecule has 0 bridgehead atoms. The number of ether oxygens (including phenoxy) is 2. The average molecular weight is 344 g/mol. The lowest BCUT2D eigenvalue weighted by atomic mass is 9.89. The first-order valence-electron chi connectivity index (χ1n) is 8.56. The molecule has 9 heteroatoms. The largest absolute Gasteiger partial charge is 0.394 e. The fourth-order valence-electron chi connectivity index (χ4n) is 3.35. The van der Waals surface area contributed by atoms with Crippen molar-refractivity contribution >= 4 is 5.91 Å². The number of nitrogens with one attached hydrogen (secondary N) is 1. The van der Waals surface area contributed by atoms with Gasteiger partial charge in [-0.25, -0.2) is 0 Å². The smallest absolute Gasteiger partial charge is 0.248 e. The van der Waals surface area contributed by atoms with Crippen molar-refractivity contribution in [2.45, 2.75) is 75.1 Å². The SMILES string of the molecule is NCCC(N=O)C(=O)NC1CC(N)CC(OC2CCC(CO)O2)C1. The third kappa shape index (κ3) is 5.45. The zero-order chi connectivity index (χ0) is 17.5. The Bertz CT molecular complexity index is 425. The van der Waals surface area contributed by atoms with Crippen LogP contribution in [-0.4, -0.2) is 60.8 Å². The summed E-state index contributed by atoms with van der Waals surface area (Å²) in [5.41, 5.74) is 11.5. The second-order valence-corrected chi connectivity index (χ2v) is 6.58. The molecule has 2 aliphatic rings. The highest BCUT2D eigenvalue weighted by Crippen LogP contribution is 2.27. The minimum absolute atomic E-state index is 0.00997. The molecule has 0 aromatic heterocycles. The van der Waals surface area contributed by atoms with Gasteiger partial charge in [-0.15, -0.1) is 4.91 Å². The summed E-state index contributed by atoms with van der Waals surface area (Å²) in [6.45, 7) is 0.217. The van der Waals surface area contributed by atoms with Gasteiger partial charge in [0.05, 0.1) is 18.8 Å². The fourth-order valence-corrected chi connectivity index (χ4v) is 3.35. The lowest BCUT2D eigenvalue weighted by Gasteiger charge is -2.35. The second kappa shape index (κ2) is 9.38. The van der Waals surface area contributed by atoms with Crippen molar-refractivity contribution in [1.29, 1.82) is 0 Å². The Kier molecular flexibility index (Phi) is 7.50. The van der Waals surface area contributed by atoms with Crippen LogP contribution in [0.1, 0.15) is 38.5 Å². The molecule has 1 amide bonds. The van der Waals surface area contributed by atoms with Gasteiger partial charge in [0.15, 0.2) is 12.3 Å². The molecule has 0 spiro atoms. The van der Waals surface area contributed by atoms with E-state index in [9.17, 15) is 9.70 Å². The highest BCUT2D eigenvalue weighted by Gasteiger charge is 2.34. The van der Waals surface area contributed by atoms with E-state index in [4.69, 9.17) is 26.0 Å².